The Morgan fingerprint density at radius 1 is 1.07 bits per heavy atom. The number of benzene rings is 3. The Bertz CT molecular complexity index is 1570. The third-order valence-corrected chi connectivity index (χ3v) is 9.12. The lowest BCUT2D eigenvalue weighted by atomic mass is 9.81. The van der Waals surface area contributed by atoms with E-state index in [9.17, 15) is 22.8 Å². The SMILES string of the molecule is COc1cc(CNC(=O)C(CC(C)N2CCC3(CC2)OC(=O)Nc2ccc(F)cc23)c2ccc(Cl)c(Cl)c2)ccc1OC(F)F. The molecular formula is C32H32Cl2F3N3O5. The number of nitrogens with zero attached hydrogens (tertiary/aromatic N) is 1. The number of likely N-dealkylation sites (tertiary alicyclic amines) is 1. The lowest BCUT2D eigenvalue weighted by Gasteiger charge is -2.46. The smallest absolute Gasteiger partial charge is 0.412 e. The first kappa shape index (κ1) is 32.7. The molecule has 45 heavy (non-hydrogen) atoms. The monoisotopic (exact) mass is 665 g/mol. The van der Waals surface area contributed by atoms with Crippen LogP contribution in [-0.2, 0) is 21.7 Å². The summed E-state index contributed by atoms with van der Waals surface area (Å²) in [5.41, 5.74) is 1.52. The standard InChI is InChI=1S/C32H32Cl2F3N3O5/c1-18(40-11-9-32(10-12-40)23-16-21(35)5-7-26(23)39-31(42)45-32)13-22(20-4-6-24(33)25(34)15-20)29(41)38-17-19-3-8-27(44-30(36)37)28(14-19)43-2/h3-8,14-16,18,22,30H,9-13,17H2,1-2H3,(H,38,41)(H,39,42). The molecule has 2 N–H and O–H groups in total. The second-order valence-corrected chi connectivity index (χ2v) is 11.9. The fourth-order valence-corrected chi connectivity index (χ4v) is 6.32. The quantitative estimate of drug-likeness (QED) is 0.234. The van der Waals surface area contributed by atoms with Crippen LogP contribution in [0.5, 0.6) is 11.5 Å². The van der Waals surface area contributed by atoms with Crippen LogP contribution in [0.3, 0.4) is 0 Å². The number of rotatable bonds is 10. The van der Waals surface area contributed by atoms with Crippen molar-refractivity contribution in [1.82, 2.24) is 10.2 Å². The van der Waals surface area contributed by atoms with Crippen LogP contribution in [0.4, 0.5) is 23.7 Å². The number of carbonyl (C=O) groups is 2. The zero-order valence-corrected chi connectivity index (χ0v) is 26.1. The van der Waals surface area contributed by atoms with Crippen LogP contribution >= 0.6 is 23.2 Å². The van der Waals surface area contributed by atoms with Crippen LogP contribution in [0.25, 0.3) is 0 Å². The molecule has 3 aromatic carbocycles. The second kappa shape index (κ2) is 13.8. The van der Waals surface area contributed by atoms with Gasteiger partial charge in [0.05, 0.1) is 28.8 Å². The number of amides is 2. The first-order valence-corrected chi connectivity index (χ1v) is 15.1. The molecule has 1 saturated heterocycles. The third-order valence-electron chi connectivity index (χ3n) is 8.38. The minimum atomic E-state index is -3.00. The second-order valence-electron chi connectivity index (χ2n) is 11.1. The Labute approximate surface area is 268 Å². The van der Waals surface area contributed by atoms with Crippen molar-refractivity contribution in [3.63, 3.8) is 0 Å². The molecule has 1 spiro atoms. The van der Waals surface area contributed by atoms with Gasteiger partial charge in [-0.1, -0.05) is 35.3 Å². The summed E-state index contributed by atoms with van der Waals surface area (Å²) in [6, 6.07) is 13.7. The van der Waals surface area contributed by atoms with E-state index in [0.717, 1.165) is 0 Å². The number of nitrogens with one attached hydrogen (secondary N) is 2. The van der Waals surface area contributed by atoms with E-state index in [1.54, 1.807) is 30.3 Å². The number of halogens is 5. The highest BCUT2D eigenvalue weighted by Crippen LogP contribution is 2.44. The highest BCUT2D eigenvalue weighted by Gasteiger charge is 2.45. The van der Waals surface area contributed by atoms with Crippen molar-refractivity contribution in [2.75, 3.05) is 25.5 Å². The summed E-state index contributed by atoms with van der Waals surface area (Å²) >= 11 is 12.5. The number of ether oxygens (including phenoxy) is 3. The maximum absolute atomic E-state index is 14.2. The Balaban J connectivity index is 1.30. The lowest BCUT2D eigenvalue weighted by Crippen LogP contribution is -2.50. The molecule has 5 rings (SSSR count). The zero-order valence-electron chi connectivity index (χ0n) is 24.5. The van der Waals surface area contributed by atoms with Crippen molar-refractivity contribution >= 4 is 40.9 Å². The first-order valence-electron chi connectivity index (χ1n) is 14.4. The van der Waals surface area contributed by atoms with Gasteiger partial charge in [0, 0.05) is 44.1 Å². The topological polar surface area (TPSA) is 89.1 Å². The fourth-order valence-electron chi connectivity index (χ4n) is 6.01. The van der Waals surface area contributed by atoms with Crippen molar-refractivity contribution in [3.8, 4) is 11.5 Å². The van der Waals surface area contributed by atoms with Crippen molar-refractivity contribution in [1.29, 1.82) is 0 Å². The number of fused-ring (bicyclic) bond motifs is 2. The van der Waals surface area contributed by atoms with Crippen molar-refractivity contribution in [2.45, 2.75) is 56.9 Å². The van der Waals surface area contributed by atoms with Crippen LogP contribution < -0.4 is 20.1 Å². The Morgan fingerprint density at radius 2 is 1.82 bits per heavy atom. The molecule has 2 aliphatic rings. The van der Waals surface area contributed by atoms with Crippen LogP contribution in [0.2, 0.25) is 10.0 Å². The van der Waals surface area contributed by atoms with E-state index in [2.05, 4.69) is 20.3 Å². The number of anilines is 1. The highest BCUT2D eigenvalue weighted by molar-refractivity contribution is 6.42. The van der Waals surface area contributed by atoms with Gasteiger partial charge in [-0.2, -0.15) is 8.78 Å². The van der Waals surface area contributed by atoms with Crippen LogP contribution in [0, 0.1) is 5.82 Å². The molecular weight excluding hydrogens is 634 g/mol. The van der Waals surface area contributed by atoms with Crippen molar-refractivity contribution in [2.24, 2.45) is 0 Å². The molecule has 2 atom stereocenters. The summed E-state index contributed by atoms with van der Waals surface area (Å²) in [7, 11) is 1.34. The maximum atomic E-state index is 14.2. The Hall–Kier alpha value is -3.67. The van der Waals surface area contributed by atoms with Crippen LogP contribution in [0.1, 0.15) is 48.8 Å². The molecule has 0 aromatic heterocycles. The average Bonchev–Trinajstić information content (AvgIpc) is 3.01. The molecule has 2 heterocycles. The molecule has 240 valence electrons. The van der Waals surface area contributed by atoms with Gasteiger partial charge in [-0.3, -0.25) is 10.1 Å². The molecule has 2 aliphatic heterocycles. The van der Waals surface area contributed by atoms with Crippen molar-refractivity contribution < 1.29 is 37.0 Å². The van der Waals surface area contributed by atoms with Gasteiger partial charge in [0.2, 0.25) is 5.91 Å². The lowest BCUT2D eigenvalue weighted by molar-refractivity contribution is -0.123. The zero-order chi connectivity index (χ0) is 32.3. The predicted octanol–water partition coefficient (Wildman–Crippen LogP) is 7.47. The fraction of sp³-hybridized carbons (Fsp3) is 0.375. The Morgan fingerprint density at radius 3 is 2.51 bits per heavy atom. The number of hydrogen-bond donors (Lipinski definition) is 2. The van der Waals surface area contributed by atoms with E-state index >= 15 is 0 Å². The summed E-state index contributed by atoms with van der Waals surface area (Å²) in [4.78, 5) is 28.2. The Kier molecular flexibility index (Phi) is 10.0. The minimum absolute atomic E-state index is 0.0807. The van der Waals surface area contributed by atoms with Gasteiger partial charge in [-0.25, -0.2) is 9.18 Å². The molecule has 0 saturated carbocycles. The largest absolute Gasteiger partial charge is 0.493 e. The molecule has 3 aromatic rings. The van der Waals surface area contributed by atoms with Crippen LogP contribution in [0.15, 0.2) is 54.6 Å². The molecule has 0 bridgehead atoms. The van der Waals surface area contributed by atoms with Gasteiger partial charge in [-0.05, 0) is 66.9 Å². The summed E-state index contributed by atoms with van der Waals surface area (Å²) in [5.74, 6) is -1.28. The number of hydrogen-bond acceptors (Lipinski definition) is 6. The van der Waals surface area contributed by atoms with E-state index in [-0.39, 0.29) is 30.0 Å². The number of methoxy groups -OCH3 is 1. The molecule has 13 heteroatoms. The number of carbonyl (C=O) groups excluding carboxylic acids is 2. The molecule has 0 aliphatic carbocycles. The van der Waals surface area contributed by atoms with Gasteiger partial charge >= 0.3 is 12.7 Å². The normalized spacial score (nSPS) is 17.2. The van der Waals surface area contributed by atoms with Gasteiger partial charge < -0.3 is 24.4 Å². The van der Waals surface area contributed by atoms with E-state index in [0.29, 0.717) is 64.8 Å². The first-order chi connectivity index (χ1) is 21.5. The number of alkyl halides is 2. The highest BCUT2D eigenvalue weighted by atomic mass is 35.5. The van der Waals surface area contributed by atoms with E-state index in [1.165, 1.54) is 31.4 Å². The van der Waals surface area contributed by atoms with E-state index in [1.807, 2.05) is 6.92 Å². The summed E-state index contributed by atoms with van der Waals surface area (Å²) < 4.78 is 55.0. The van der Waals surface area contributed by atoms with Crippen molar-refractivity contribution in [3.05, 3.63) is 87.2 Å². The van der Waals surface area contributed by atoms with Gasteiger partial charge in [0.1, 0.15) is 11.4 Å². The molecule has 1 fully saturated rings. The summed E-state index contributed by atoms with van der Waals surface area (Å²) in [5, 5.41) is 6.27. The average molecular weight is 667 g/mol. The predicted molar refractivity (Wildman–Crippen MR) is 164 cm³/mol. The molecule has 8 nitrogen and oxygen atoms in total. The molecule has 0 radical (unpaired) electrons. The van der Waals surface area contributed by atoms with Gasteiger partial charge in [0.25, 0.3) is 0 Å². The molecule has 2 amide bonds. The molecule has 2 unspecified atom stereocenters. The van der Waals surface area contributed by atoms with E-state index < -0.39 is 30.0 Å². The number of piperidine rings is 1. The summed E-state index contributed by atoms with van der Waals surface area (Å²) in [6.07, 6.45) is 0.768. The van der Waals surface area contributed by atoms with Crippen LogP contribution in [-0.4, -0.2) is 49.8 Å². The summed E-state index contributed by atoms with van der Waals surface area (Å²) in [6.45, 7) is 0.222. The minimum Gasteiger partial charge on any atom is -0.493 e. The van der Waals surface area contributed by atoms with E-state index in [4.69, 9.17) is 32.7 Å². The van der Waals surface area contributed by atoms with Gasteiger partial charge in [-0.15, -0.1) is 0 Å². The maximum Gasteiger partial charge on any atom is 0.412 e. The third kappa shape index (κ3) is 7.43. The van der Waals surface area contributed by atoms with Gasteiger partial charge in [0.15, 0.2) is 11.5 Å².